The highest BCUT2D eigenvalue weighted by molar-refractivity contribution is 5.85. The van der Waals surface area contributed by atoms with Crippen LogP contribution in [0.4, 0.5) is 22.0 Å². The van der Waals surface area contributed by atoms with Crippen LogP contribution in [-0.2, 0) is 28.7 Å². The molecule has 0 radical (unpaired) electrons. The zero-order valence-electron chi connectivity index (χ0n) is 19.3. The predicted octanol–water partition coefficient (Wildman–Crippen LogP) is 2.16. The van der Waals surface area contributed by atoms with Gasteiger partial charge in [0.25, 0.3) is 5.92 Å². The van der Waals surface area contributed by atoms with Crippen LogP contribution < -0.4 is 5.73 Å². The molecule has 1 fully saturated rings. The first-order valence-electron chi connectivity index (χ1n) is 11.1. The number of nitrogens with zero attached hydrogens (tertiary/aromatic N) is 5. The Labute approximate surface area is 214 Å². The average Bonchev–Trinajstić information content (AvgIpc) is 2.83. The molecule has 0 bridgehead atoms. The van der Waals surface area contributed by atoms with Crippen molar-refractivity contribution in [1.29, 1.82) is 0 Å². The Morgan fingerprint density at radius 1 is 1.22 bits per heavy atom. The van der Waals surface area contributed by atoms with Gasteiger partial charge in [0.2, 0.25) is 11.8 Å². The lowest BCUT2D eigenvalue weighted by Crippen LogP contribution is -2.58. The molecular formula is C22H24ClF5N6O3. The molecule has 9 nitrogen and oxygen atoms in total. The third-order valence-electron chi connectivity index (χ3n) is 6.16. The number of alkyl halides is 5. The molecule has 2 amide bonds. The molecule has 0 aromatic carbocycles. The number of hydrogen-bond acceptors (Lipinski definition) is 7. The second-order valence-electron chi connectivity index (χ2n) is 8.77. The molecule has 2 atom stereocenters. The number of hydrogen-bond donors (Lipinski definition) is 2. The maximum atomic E-state index is 13.8. The van der Waals surface area contributed by atoms with E-state index in [1.165, 1.54) is 29.4 Å². The Hall–Kier alpha value is -2.97. The number of nitrogens with two attached hydrogens (primary N) is 1. The summed E-state index contributed by atoms with van der Waals surface area (Å²) in [7, 11) is 0. The van der Waals surface area contributed by atoms with E-state index in [4.69, 9.17) is 5.73 Å². The van der Waals surface area contributed by atoms with E-state index in [9.17, 15) is 36.6 Å². The summed E-state index contributed by atoms with van der Waals surface area (Å²) in [5, 5.41) is 9.81. The molecule has 2 aliphatic heterocycles. The van der Waals surface area contributed by atoms with Crippen molar-refractivity contribution in [2.75, 3.05) is 13.1 Å². The van der Waals surface area contributed by atoms with Crippen molar-refractivity contribution in [3.05, 3.63) is 41.5 Å². The van der Waals surface area contributed by atoms with Crippen LogP contribution in [0.3, 0.4) is 0 Å². The Morgan fingerprint density at radius 3 is 2.54 bits per heavy atom. The fourth-order valence-corrected chi connectivity index (χ4v) is 4.29. The second kappa shape index (κ2) is 10.8. The summed E-state index contributed by atoms with van der Waals surface area (Å²) in [6, 6.07) is 1.86. The first-order chi connectivity index (χ1) is 16.9. The molecule has 0 saturated carbocycles. The fraction of sp³-hybridized carbons (Fsp3) is 0.500. The largest absolute Gasteiger partial charge is 0.433 e. The monoisotopic (exact) mass is 550 g/mol. The summed E-state index contributed by atoms with van der Waals surface area (Å²) >= 11 is 0. The highest BCUT2D eigenvalue weighted by Gasteiger charge is 2.48. The van der Waals surface area contributed by atoms with Gasteiger partial charge in [-0.05, 0) is 18.6 Å². The number of halogens is 6. The summed E-state index contributed by atoms with van der Waals surface area (Å²) in [6.45, 7) is -0.755. The van der Waals surface area contributed by atoms with Gasteiger partial charge in [-0.1, -0.05) is 0 Å². The number of carbonyl (C=O) groups is 2. The van der Waals surface area contributed by atoms with Crippen LogP contribution in [0.15, 0.2) is 24.5 Å². The fourth-order valence-electron chi connectivity index (χ4n) is 4.29. The van der Waals surface area contributed by atoms with Crippen molar-refractivity contribution in [2.45, 2.75) is 56.6 Å². The molecule has 2 aromatic rings. The van der Waals surface area contributed by atoms with Crippen LogP contribution in [0.5, 0.6) is 0 Å². The SMILES string of the molecule is Cl.NC(CC(=O)N1CCc2c(nc(-c3ccncc3)nc2C(F)(F)F)C1)CN1C(=O)CCC(F)(F)C1O. The summed E-state index contributed by atoms with van der Waals surface area (Å²) in [6.07, 6.45) is -6.05. The summed E-state index contributed by atoms with van der Waals surface area (Å²) < 4.78 is 68.8. The third kappa shape index (κ3) is 6.13. The Morgan fingerprint density at radius 2 is 1.89 bits per heavy atom. The lowest BCUT2D eigenvalue weighted by atomic mass is 10.0. The quantitative estimate of drug-likeness (QED) is 0.546. The molecule has 4 heterocycles. The number of rotatable bonds is 5. The molecule has 2 aromatic heterocycles. The smallest absolute Gasteiger partial charge is 0.368 e. The number of fused-ring (bicyclic) bond motifs is 1. The summed E-state index contributed by atoms with van der Waals surface area (Å²) in [5.41, 5.74) is 5.12. The van der Waals surface area contributed by atoms with Gasteiger partial charge in [-0.15, -0.1) is 12.4 Å². The van der Waals surface area contributed by atoms with E-state index >= 15 is 0 Å². The number of piperidine rings is 1. The van der Waals surface area contributed by atoms with Crippen LogP contribution in [-0.4, -0.2) is 73.0 Å². The number of aromatic nitrogens is 3. The normalized spacial score (nSPS) is 20.2. The van der Waals surface area contributed by atoms with Crippen molar-refractivity contribution >= 4 is 24.2 Å². The molecular weight excluding hydrogens is 527 g/mol. The molecule has 3 N–H and O–H groups in total. The molecule has 0 aliphatic carbocycles. The first-order valence-corrected chi connectivity index (χ1v) is 11.1. The third-order valence-corrected chi connectivity index (χ3v) is 6.16. The van der Waals surface area contributed by atoms with Crippen molar-refractivity contribution < 1.29 is 36.6 Å². The topological polar surface area (TPSA) is 126 Å². The van der Waals surface area contributed by atoms with Gasteiger partial charge in [0.05, 0.1) is 12.2 Å². The highest BCUT2D eigenvalue weighted by atomic mass is 35.5. The number of aliphatic hydroxyl groups excluding tert-OH is 1. The zero-order valence-corrected chi connectivity index (χ0v) is 20.1. The molecule has 2 aliphatic rings. The van der Waals surface area contributed by atoms with E-state index in [0.29, 0.717) is 10.5 Å². The summed E-state index contributed by atoms with van der Waals surface area (Å²) in [4.78, 5) is 38.5. The van der Waals surface area contributed by atoms with Gasteiger partial charge in [0.1, 0.15) is 0 Å². The van der Waals surface area contributed by atoms with Crippen LogP contribution >= 0.6 is 12.4 Å². The first kappa shape index (κ1) is 28.6. The standard InChI is InChI=1S/C22H23F5N6O3.ClH/c23-21(24)5-1-16(34)33(20(21)36)10-13(28)9-17(35)32-8-4-14-15(11-32)30-19(12-2-6-29-7-3-12)31-18(14)22(25,26)27;/h2-3,6-7,13,20,36H,1,4-5,8-11,28H2;1H. The second-order valence-corrected chi connectivity index (χ2v) is 8.77. The van der Waals surface area contributed by atoms with Crippen molar-refractivity contribution in [3.8, 4) is 11.4 Å². The molecule has 15 heteroatoms. The van der Waals surface area contributed by atoms with Crippen LogP contribution in [0.25, 0.3) is 11.4 Å². The number of amides is 2. The molecule has 0 spiro atoms. The van der Waals surface area contributed by atoms with Gasteiger partial charge in [-0.2, -0.15) is 13.2 Å². The maximum absolute atomic E-state index is 13.8. The lowest BCUT2D eigenvalue weighted by molar-refractivity contribution is -0.205. The lowest BCUT2D eigenvalue weighted by Gasteiger charge is -2.38. The number of pyridine rings is 1. The Balaban J connectivity index is 0.00000380. The van der Waals surface area contributed by atoms with Gasteiger partial charge in [-0.25, -0.2) is 18.7 Å². The van der Waals surface area contributed by atoms with Gasteiger partial charge in [-0.3, -0.25) is 14.6 Å². The zero-order chi connectivity index (χ0) is 26.3. The van der Waals surface area contributed by atoms with Gasteiger partial charge < -0.3 is 20.6 Å². The van der Waals surface area contributed by atoms with E-state index in [2.05, 4.69) is 15.0 Å². The van der Waals surface area contributed by atoms with E-state index in [1.54, 1.807) is 0 Å². The van der Waals surface area contributed by atoms with Gasteiger partial charge in [0, 0.05) is 61.9 Å². The van der Waals surface area contributed by atoms with Crippen molar-refractivity contribution in [2.24, 2.45) is 5.73 Å². The van der Waals surface area contributed by atoms with E-state index < -0.39 is 61.3 Å². The molecule has 2 unspecified atom stereocenters. The van der Waals surface area contributed by atoms with Crippen molar-refractivity contribution in [1.82, 2.24) is 24.8 Å². The van der Waals surface area contributed by atoms with Gasteiger partial charge in [0.15, 0.2) is 17.7 Å². The summed E-state index contributed by atoms with van der Waals surface area (Å²) in [5.74, 6) is -4.90. The minimum absolute atomic E-state index is 0. The predicted molar refractivity (Wildman–Crippen MR) is 121 cm³/mol. The molecule has 37 heavy (non-hydrogen) atoms. The van der Waals surface area contributed by atoms with Crippen LogP contribution in [0.2, 0.25) is 0 Å². The highest BCUT2D eigenvalue weighted by Crippen LogP contribution is 2.35. The van der Waals surface area contributed by atoms with Crippen LogP contribution in [0, 0.1) is 0 Å². The van der Waals surface area contributed by atoms with E-state index in [1.807, 2.05) is 0 Å². The minimum atomic E-state index is -4.73. The molecule has 202 valence electrons. The number of likely N-dealkylation sites (tertiary alicyclic amines) is 1. The average molecular weight is 551 g/mol. The van der Waals surface area contributed by atoms with E-state index in [0.717, 1.165) is 0 Å². The maximum Gasteiger partial charge on any atom is 0.433 e. The minimum Gasteiger partial charge on any atom is -0.368 e. The number of aliphatic hydroxyl groups is 1. The van der Waals surface area contributed by atoms with Crippen molar-refractivity contribution in [3.63, 3.8) is 0 Å². The van der Waals surface area contributed by atoms with Crippen LogP contribution in [0.1, 0.15) is 36.2 Å². The Kier molecular flexibility index (Phi) is 8.34. The number of carbonyl (C=O) groups excluding carboxylic acids is 2. The van der Waals surface area contributed by atoms with E-state index in [-0.39, 0.29) is 55.4 Å². The van der Waals surface area contributed by atoms with Gasteiger partial charge >= 0.3 is 6.18 Å². The molecule has 1 saturated heterocycles. The Bertz CT molecular complexity index is 1150. The molecule has 4 rings (SSSR count).